The van der Waals surface area contributed by atoms with Crippen LogP contribution >= 0.6 is 11.6 Å². The summed E-state index contributed by atoms with van der Waals surface area (Å²) in [5.74, 6) is 0. The lowest BCUT2D eigenvalue weighted by molar-refractivity contribution is -0.980. The fraction of sp³-hybridized carbons (Fsp3) is 1.00. The van der Waals surface area contributed by atoms with Crippen LogP contribution in [0.15, 0.2) is 0 Å². The molecule has 0 bridgehead atoms. The van der Waals surface area contributed by atoms with E-state index < -0.39 is 5.18 Å². The second-order valence-electron chi connectivity index (χ2n) is 3.17. The van der Waals surface area contributed by atoms with Gasteiger partial charge in [-0.2, -0.15) is 0 Å². The van der Waals surface area contributed by atoms with Crippen LogP contribution in [0, 0.1) is 0 Å². The number of rotatable bonds is 5. The second kappa shape index (κ2) is 6.07. The third-order valence-corrected chi connectivity index (χ3v) is 3.62. The average Bonchev–Trinajstić information content (AvgIpc) is 2.08. The van der Waals surface area contributed by atoms with Gasteiger partial charge in [-0.3, -0.25) is 4.48 Å². The van der Waals surface area contributed by atoms with Crippen LogP contribution in [0.5, 0.6) is 0 Å². The van der Waals surface area contributed by atoms with Crippen molar-refractivity contribution < 1.29 is 22.0 Å². The van der Waals surface area contributed by atoms with Crippen LogP contribution < -0.4 is 12.4 Å². The highest BCUT2D eigenvalue weighted by atomic mass is 35.5. The zero-order chi connectivity index (χ0) is 9.83. The molecule has 2 nitrogen and oxygen atoms in total. The molecule has 1 N–H and O–H groups in total. The van der Waals surface area contributed by atoms with Crippen LogP contribution in [0.25, 0.3) is 0 Å². The molecule has 0 aromatic heterocycles. The maximum absolute atomic E-state index is 9.97. The molecule has 13 heavy (non-hydrogen) atoms. The minimum atomic E-state index is -1.09. The summed E-state index contributed by atoms with van der Waals surface area (Å²) in [5, 5.41) is 8.89. The number of nitrogens with zero attached hydrogens (tertiary/aromatic N) is 1. The zero-order valence-corrected chi connectivity index (χ0v) is 10.5. The van der Waals surface area contributed by atoms with E-state index in [4.69, 9.17) is 11.6 Å². The standard InChI is InChI=1S/C9H21ClNO.ClH/c1-5-9(10,12)11(6-2,7-3)8-4;/h12H,5-8H2,1-4H3;1H/q+1;/p-1. The quantitative estimate of drug-likeness (QED) is 0.283. The first kappa shape index (κ1) is 15.9. The van der Waals surface area contributed by atoms with E-state index in [1.165, 1.54) is 0 Å². The summed E-state index contributed by atoms with van der Waals surface area (Å²) in [5.41, 5.74) is 0. The van der Waals surface area contributed by atoms with Crippen molar-refractivity contribution >= 4 is 11.6 Å². The van der Waals surface area contributed by atoms with Crippen molar-refractivity contribution in [1.29, 1.82) is 0 Å². The third kappa shape index (κ3) is 2.98. The smallest absolute Gasteiger partial charge is 0.280 e. The van der Waals surface area contributed by atoms with Gasteiger partial charge in [-0.05, 0) is 32.4 Å². The first-order chi connectivity index (χ1) is 5.49. The molecule has 0 spiro atoms. The normalized spacial score (nSPS) is 16.2. The van der Waals surface area contributed by atoms with E-state index in [0.29, 0.717) is 10.9 Å². The van der Waals surface area contributed by atoms with E-state index in [2.05, 4.69) is 20.8 Å². The van der Waals surface area contributed by atoms with Gasteiger partial charge in [0.05, 0.1) is 19.6 Å². The van der Waals surface area contributed by atoms with Gasteiger partial charge in [0.15, 0.2) is 0 Å². The number of alkyl halides is 1. The molecule has 0 aromatic carbocycles. The molecule has 1 unspecified atom stereocenters. The van der Waals surface area contributed by atoms with Crippen LogP contribution in [0.3, 0.4) is 0 Å². The highest BCUT2D eigenvalue weighted by molar-refractivity contribution is 6.21. The zero-order valence-electron chi connectivity index (χ0n) is 8.98. The summed E-state index contributed by atoms with van der Waals surface area (Å²) >= 11 is 6.07. The van der Waals surface area contributed by atoms with Gasteiger partial charge in [0, 0.05) is 6.42 Å². The number of aliphatic hydroxyl groups is 1. The first-order valence-corrected chi connectivity index (χ1v) is 5.14. The lowest BCUT2D eigenvalue weighted by atomic mass is 10.2. The summed E-state index contributed by atoms with van der Waals surface area (Å²) in [6.45, 7) is 10.7. The molecule has 0 aromatic rings. The molecule has 0 fully saturated rings. The monoisotopic (exact) mass is 229 g/mol. The van der Waals surface area contributed by atoms with E-state index in [1.807, 2.05) is 6.92 Å². The van der Waals surface area contributed by atoms with Gasteiger partial charge in [0.1, 0.15) is 0 Å². The molecular weight excluding hydrogens is 209 g/mol. The number of quaternary nitrogens is 1. The number of hydrogen-bond acceptors (Lipinski definition) is 1. The van der Waals surface area contributed by atoms with Crippen LogP contribution in [-0.4, -0.2) is 34.4 Å². The predicted octanol–water partition coefficient (Wildman–Crippen LogP) is -0.838. The van der Waals surface area contributed by atoms with E-state index >= 15 is 0 Å². The van der Waals surface area contributed by atoms with Gasteiger partial charge >= 0.3 is 0 Å². The largest absolute Gasteiger partial charge is 1.00 e. The molecule has 0 heterocycles. The molecule has 82 valence electrons. The molecule has 0 aliphatic carbocycles. The Hall–Kier alpha value is 0.500. The van der Waals surface area contributed by atoms with Crippen LogP contribution in [0.4, 0.5) is 0 Å². The van der Waals surface area contributed by atoms with Gasteiger partial charge in [-0.15, -0.1) is 0 Å². The maximum Gasteiger partial charge on any atom is 0.280 e. The Bertz CT molecular complexity index is 127. The summed E-state index contributed by atoms with van der Waals surface area (Å²) < 4.78 is 0.574. The van der Waals surface area contributed by atoms with E-state index in [1.54, 1.807) is 0 Å². The van der Waals surface area contributed by atoms with Crippen LogP contribution in [0.1, 0.15) is 34.1 Å². The molecule has 1 atom stereocenters. The Morgan fingerprint density at radius 3 is 1.46 bits per heavy atom. The number of hydrogen-bond donors (Lipinski definition) is 1. The Balaban J connectivity index is 0. The second-order valence-corrected chi connectivity index (χ2v) is 3.77. The molecule has 0 rings (SSSR count). The van der Waals surface area contributed by atoms with E-state index in [-0.39, 0.29) is 12.4 Å². The maximum atomic E-state index is 9.97. The number of halogens is 2. The van der Waals surface area contributed by atoms with Gasteiger partial charge in [0.2, 0.25) is 0 Å². The van der Waals surface area contributed by atoms with Gasteiger partial charge < -0.3 is 17.5 Å². The highest BCUT2D eigenvalue weighted by Crippen LogP contribution is 2.29. The summed E-state index contributed by atoms with van der Waals surface area (Å²) in [6.07, 6.45) is 0.587. The first-order valence-electron chi connectivity index (χ1n) is 4.77. The molecule has 0 aliphatic heterocycles. The van der Waals surface area contributed by atoms with Gasteiger partial charge in [0.25, 0.3) is 5.18 Å². The molecular formula is C9H21Cl2NO. The van der Waals surface area contributed by atoms with E-state index in [0.717, 1.165) is 19.6 Å². The molecule has 0 saturated carbocycles. The topological polar surface area (TPSA) is 20.2 Å². The molecule has 0 radical (unpaired) electrons. The van der Waals surface area contributed by atoms with Gasteiger partial charge in [-0.1, -0.05) is 6.92 Å². The summed E-state index contributed by atoms with van der Waals surface area (Å²) in [4.78, 5) is 0. The Morgan fingerprint density at radius 2 is 1.38 bits per heavy atom. The van der Waals surface area contributed by atoms with Crippen molar-refractivity contribution in [3.63, 3.8) is 0 Å². The minimum Gasteiger partial charge on any atom is -1.00 e. The van der Waals surface area contributed by atoms with Crippen molar-refractivity contribution in [2.45, 2.75) is 39.3 Å². The third-order valence-electron chi connectivity index (χ3n) is 2.99. The average molecular weight is 230 g/mol. The van der Waals surface area contributed by atoms with Crippen molar-refractivity contribution in [1.82, 2.24) is 0 Å². The molecule has 4 heteroatoms. The molecule has 0 saturated heterocycles. The van der Waals surface area contributed by atoms with Gasteiger partial charge in [-0.25, -0.2) is 0 Å². The minimum absolute atomic E-state index is 0. The van der Waals surface area contributed by atoms with E-state index in [9.17, 15) is 5.11 Å². The van der Waals surface area contributed by atoms with Crippen LogP contribution in [-0.2, 0) is 0 Å². The Morgan fingerprint density at radius 1 is 1.08 bits per heavy atom. The fourth-order valence-electron chi connectivity index (χ4n) is 1.73. The lowest BCUT2D eigenvalue weighted by Crippen LogP contribution is -3.00. The summed E-state index contributed by atoms with van der Waals surface area (Å²) in [7, 11) is 0. The van der Waals surface area contributed by atoms with Crippen molar-refractivity contribution in [2.75, 3.05) is 19.6 Å². The Labute approximate surface area is 92.9 Å². The highest BCUT2D eigenvalue weighted by Gasteiger charge is 2.43. The fourth-order valence-corrected chi connectivity index (χ4v) is 2.09. The molecule has 0 amide bonds. The Kier molecular flexibility index (Phi) is 7.45. The SMILES string of the molecule is CCC(O)(Cl)[N+](CC)(CC)CC.[Cl-]. The van der Waals surface area contributed by atoms with Crippen molar-refractivity contribution in [2.24, 2.45) is 0 Å². The van der Waals surface area contributed by atoms with Crippen molar-refractivity contribution in [3.8, 4) is 0 Å². The predicted molar refractivity (Wildman–Crippen MR) is 53.0 cm³/mol. The lowest BCUT2D eigenvalue weighted by Gasteiger charge is -2.44. The summed E-state index contributed by atoms with van der Waals surface area (Å²) in [6, 6.07) is 0. The molecule has 0 aliphatic rings. The van der Waals surface area contributed by atoms with Crippen molar-refractivity contribution in [3.05, 3.63) is 0 Å². The van der Waals surface area contributed by atoms with Crippen LogP contribution in [0.2, 0.25) is 0 Å².